The topological polar surface area (TPSA) is 51.2 Å². The summed E-state index contributed by atoms with van der Waals surface area (Å²) in [4.78, 5) is 0. The third-order valence-electron chi connectivity index (χ3n) is 0. The third kappa shape index (κ3) is 59.8. The van der Waals surface area contributed by atoms with Crippen LogP contribution >= 0.6 is 0 Å². The van der Waals surface area contributed by atoms with E-state index in [9.17, 15) is 0 Å². The van der Waals surface area contributed by atoms with E-state index < -0.39 is 23.2 Å². The first-order valence-electron chi connectivity index (χ1n) is 0.544. The third-order valence-corrected chi connectivity index (χ3v) is 0. The van der Waals surface area contributed by atoms with E-state index in [4.69, 9.17) is 9.49 Å². The van der Waals surface area contributed by atoms with Crippen molar-refractivity contribution in [2.75, 3.05) is 0 Å². The van der Waals surface area contributed by atoms with Gasteiger partial charge in [0.25, 0.3) is 0 Å². The molecule has 0 rings (SSSR count). The second-order valence-electron chi connectivity index (χ2n) is 0.0833. The van der Waals surface area contributed by atoms with Crippen molar-refractivity contribution in [2.24, 2.45) is 0 Å². The molecule has 0 aromatic rings. The van der Waals surface area contributed by atoms with Crippen LogP contribution in [0, 0.1) is 0 Å². The monoisotopic (exact) mass is 197 g/mol. The van der Waals surface area contributed by atoms with Gasteiger partial charge in [0.05, 0.1) is 0 Å². The Kier molecular flexibility index (Phi) is 39.7. The van der Waals surface area contributed by atoms with E-state index in [0.29, 0.717) is 0 Å². The van der Waals surface area contributed by atoms with Gasteiger partial charge in [0, 0.05) is 0 Å². The van der Waals surface area contributed by atoms with Crippen LogP contribution in [0.2, 0.25) is 0 Å². The number of rotatable bonds is 0. The van der Waals surface area contributed by atoms with E-state index in [1.165, 1.54) is 0 Å². The summed E-state index contributed by atoms with van der Waals surface area (Å²) in [7, 11) is 0. The summed E-state index contributed by atoms with van der Waals surface area (Å²) >= 11 is 0.0425. The maximum atomic E-state index is 8.54. The van der Waals surface area contributed by atoms with E-state index in [1.54, 1.807) is 0 Å². The van der Waals surface area contributed by atoms with Crippen molar-refractivity contribution in [3.63, 3.8) is 0 Å². The molecule has 3 nitrogen and oxygen atoms in total. The Morgan fingerprint density at radius 2 is 1.20 bits per heavy atom. The van der Waals surface area contributed by atoms with Gasteiger partial charge in [-0.2, -0.15) is 0 Å². The Balaban J connectivity index is 0. The molecule has 5 heteroatoms. The fourth-order valence-corrected chi connectivity index (χ4v) is 0. The van der Waals surface area contributed by atoms with Gasteiger partial charge in [-0.3, -0.25) is 0 Å². The van der Waals surface area contributed by atoms with Crippen molar-refractivity contribution in [1.29, 1.82) is 0 Å². The number of hydrogen-bond acceptors (Lipinski definition) is 3. The molecule has 0 aromatic heterocycles. The van der Waals surface area contributed by atoms with E-state index in [0.717, 1.165) is 0 Å². The summed E-state index contributed by atoms with van der Waals surface area (Å²) in [5.41, 5.74) is 0. The first-order valence-corrected chi connectivity index (χ1v) is 2.98. The predicted molar refractivity (Wildman–Crippen MR) is 2.06 cm³/mol. The van der Waals surface area contributed by atoms with Gasteiger partial charge in [0.15, 0.2) is 0 Å². The summed E-state index contributed by atoms with van der Waals surface area (Å²) < 4.78 is 25.0. The van der Waals surface area contributed by atoms with Crippen molar-refractivity contribution >= 4 is 0 Å². The van der Waals surface area contributed by atoms with Gasteiger partial charge >= 0.3 is 48.4 Å². The molecule has 0 aliphatic heterocycles. The van der Waals surface area contributed by atoms with Gasteiger partial charge in [0.1, 0.15) is 0 Å². The molecule has 0 aliphatic carbocycles. The standard InChI is InChI=1S/Co.3O.Zr. The van der Waals surface area contributed by atoms with Crippen molar-refractivity contribution in [3.8, 4) is 0 Å². The average molecular weight is 198 g/mol. The first kappa shape index (κ1) is 9.25. The Bertz CT molecular complexity index is 36.2. The second kappa shape index (κ2) is 21.5. The van der Waals surface area contributed by atoms with Gasteiger partial charge in [-0.25, -0.2) is 0 Å². The van der Waals surface area contributed by atoms with E-state index in [2.05, 4.69) is 15.7 Å². The molecule has 0 spiro atoms. The van der Waals surface area contributed by atoms with Crippen molar-refractivity contribution in [2.45, 2.75) is 0 Å². The second-order valence-corrected chi connectivity index (χ2v) is 0.493. The van der Waals surface area contributed by atoms with Crippen LogP contribution in [-0.2, 0) is 48.4 Å². The fraction of sp³-hybridized carbons (Fsp3) is 0. The molecule has 0 atom stereocenters. The molecule has 0 heterocycles. The molecule has 0 bridgehead atoms. The van der Waals surface area contributed by atoms with Gasteiger partial charge < -0.3 is 0 Å². The Morgan fingerprint density at radius 1 is 1.20 bits per heavy atom. The summed E-state index contributed by atoms with van der Waals surface area (Å²) in [6.07, 6.45) is 0. The molecule has 0 aliphatic rings. The van der Waals surface area contributed by atoms with Crippen LogP contribution in [0.15, 0.2) is 0 Å². The molecule has 0 saturated heterocycles. The maximum absolute atomic E-state index is 8.54. The first-order chi connectivity index (χ1) is 2.41. The van der Waals surface area contributed by atoms with Crippen LogP contribution in [-0.4, -0.2) is 0 Å². The molecule has 0 aromatic carbocycles. The van der Waals surface area contributed by atoms with Crippen LogP contribution < -0.4 is 0 Å². The molecule has 5 heavy (non-hydrogen) atoms. The summed E-state index contributed by atoms with van der Waals surface area (Å²) in [5, 5.41) is 0. The van der Waals surface area contributed by atoms with Crippen LogP contribution in [0.25, 0.3) is 0 Å². The van der Waals surface area contributed by atoms with Crippen molar-refractivity contribution < 1.29 is 48.4 Å². The summed E-state index contributed by atoms with van der Waals surface area (Å²) in [6.45, 7) is 0. The van der Waals surface area contributed by atoms with Crippen LogP contribution in [0.3, 0.4) is 0 Å². The zero-order chi connectivity index (χ0) is 4.71. The zero-order valence-corrected chi connectivity index (χ0v) is 5.56. The minimum atomic E-state index is -2.27. The Hall–Kier alpha value is 0.790. The van der Waals surface area contributed by atoms with Crippen molar-refractivity contribution in [3.05, 3.63) is 0 Å². The Labute approximate surface area is 48.4 Å². The van der Waals surface area contributed by atoms with Crippen LogP contribution in [0.4, 0.5) is 0 Å². The zero-order valence-electron chi connectivity index (χ0n) is 2.06. The van der Waals surface area contributed by atoms with E-state index in [-0.39, 0.29) is 0 Å². The van der Waals surface area contributed by atoms with E-state index in [1.807, 2.05) is 0 Å². The molecule has 0 N–H and O–H groups in total. The fourth-order valence-electron chi connectivity index (χ4n) is 0. The molecule has 0 fully saturated rings. The van der Waals surface area contributed by atoms with Crippen LogP contribution in [0.5, 0.6) is 0 Å². The van der Waals surface area contributed by atoms with Gasteiger partial charge in [-0.15, -0.1) is 0 Å². The number of hydrogen-bond donors (Lipinski definition) is 0. The SMILES string of the molecule is [O]=[Co].[O]=[Zr]=[O]. The molecule has 0 saturated carbocycles. The molecule has 0 radical (unpaired) electrons. The molecular formula is CoO3Zr. The van der Waals surface area contributed by atoms with Gasteiger partial charge in [0.2, 0.25) is 0 Å². The normalized spacial score (nSPS) is 2.60. The molecular weight excluding hydrogens is 198 g/mol. The molecule has 0 amide bonds. The van der Waals surface area contributed by atoms with Crippen molar-refractivity contribution in [1.82, 2.24) is 0 Å². The van der Waals surface area contributed by atoms with Gasteiger partial charge in [-0.05, 0) is 0 Å². The molecule has 31 valence electrons. The minimum absolute atomic E-state index is 2.27. The van der Waals surface area contributed by atoms with E-state index >= 15 is 0 Å². The van der Waals surface area contributed by atoms with Gasteiger partial charge in [-0.1, -0.05) is 0 Å². The predicted octanol–water partition coefficient (Wildman–Crippen LogP) is -0.361. The summed E-state index contributed by atoms with van der Waals surface area (Å²) in [5.74, 6) is 0. The van der Waals surface area contributed by atoms with Crippen LogP contribution in [0.1, 0.15) is 0 Å². The average Bonchev–Trinajstić information content (AvgIpc) is 1.46. The summed E-state index contributed by atoms with van der Waals surface area (Å²) in [6, 6.07) is 0. The Morgan fingerprint density at radius 3 is 1.20 bits per heavy atom. The quantitative estimate of drug-likeness (QED) is 0.534. The molecule has 0 unspecified atom stereocenters.